The molecule has 2 aromatic heterocycles. The van der Waals surface area contributed by atoms with Crippen molar-refractivity contribution in [3.8, 4) is 0 Å². The van der Waals surface area contributed by atoms with Gasteiger partial charge in [-0.2, -0.15) is 0 Å². The number of hydrogen-bond acceptors (Lipinski definition) is 7. The first kappa shape index (κ1) is 13.5. The van der Waals surface area contributed by atoms with Gasteiger partial charge >= 0.3 is 11.8 Å². The highest BCUT2D eigenvalue weighted by Crippen LogP contribution is 2.21. The fraction of sp³-hybridized carbons (Fsp3) is 0.333. The number of carboxylic acids is 1. The summed E-state index contributed by atoms with van der Waals surface area (Å²) >= 11 is 0. The van der Waals surface area contributed by atoms with Gasteiger partial charge in [-0.3, -0.25) is 9.36 Å². The fourth-order valence-corrected chi connectivity index (χ4v) is 1.56. The first-order valence-electron chi connectivity index (χ1n) is 5.47. The number of aryl methyl sites for hydroxylation is 1. The second-order valence-electron chi connectivity index (χ2n) is 3.94. The first-order chi connectivity index (χ1) is 9.47. The SMILES string of the molecule is Cn1cnc([N+](=O)[O-])c1NCc1cn(CC(=O)O)nn1. The molecule has 0 unspecified atom stereocenters. The monoisotopic (exact) mass is 281 g/mol. The minimum atomic E-state index is -1.03. The van der Waals surface area contributed by atoms with Crippen LogP contribution in [0.4, 0.5) is 11.6 Å². The first-order valence-corrected chi connectivity index (χ1v) is 5.47. The molecule has 0 aromatic carbocycles. The molecule has 0 fully saturated rings. The van der Waals surface area contributed by atoms with Crippen molar-refractivity contribution < 1.29 is 14.8 Å². The molecule has 0 aliphatic carbocycles. The Kier molecular flexibility index (Phi) is 3.59. The predicted octanol–water partition coefficient (Wildman–Crippen LogP) is -0.384. The van der Waals surface area contributed by atoms with Crippen molar-refractivity contribution >= 4 is 17.6 Å². The van der Waals surface area contributed by atoms with Crippen LogP contribution in [0.2, 0.25) is 0 Å². The van der Waals surface area contributed by atoms with Crippen LogP contribution >= 0.6 is 0 Å². The predicted molar refractivity (Wildman–Crippen MR) is 64.8 cm³/mol. The van der Waals surface area contributed by atoms with Crippen LogP contribution in [0.5, 0.6) is 0 Å². The Bertz CT molecular complexity index is 647. The number of hydrogen-bond donors (Lipinski definition) is 2. The van der Waals surface area contributed by atoms with Crippen LogP contribution < -0.4 is 5.32 Å². The van der Waals surface area contributed by atoms with E-state index in [-0.39, 0.29) is 24.7 Å². The third kappa shape index (κ3) is 2.88. The Hall–Kier alpha value is -2.98. The summed E-state index contributed by atoms with van der Waals surface area (Å²) in [5, 5.41) is 29.6. The van der Waals surface area contributed by atoms with Gasteiger partial charge in [0.1, 0.15) is 12.2 Å². The smallest absolute Gasteiger partial charge is 0.406 e. The zero-order valence-corrected chi connectivity index (χ0v) is 10.4. The van der Waals surface area contributed by atoms with Gasteiger partial charge in [-0.05, 0) is 9.91 Å². The van der Waals surface area contributed by atoms with E-state index in [4.69, 9.17) is 5.11 Å². The Morgan fingerprint density at radius 3 is 3.00 bits per heavy atom. The van der Waals surface area contributed by atoms with Crippen LogP contribution in [0.3, 0.4) is 0 Å². The summed E-state index contributed by atoms with van der Waals surface area (Å²) in [6.45, 7) is -0.126. The second kappa shape index (κ2) is 5.34. The van der Waals surface area contributed by atoms with E-state index in [1.54, 1.807) is 7.05 Å². The highest BCUT2D eigenvalue weighted by Gasteiger charge is 2.19. The second-order valence-corrected chi connectivity index (χ2v) is 3.94. The average molecular weight is 281 g/mol. The minimum absolute atomic E-state index is 0.167. The Morgan fingerprint density at radius 1 is 1.60 bits per heavy atom. The van der Waals surface area contributed by atoms with E-state index < -0.39 is 10.9 Å². The number of rotatable bonds is 6. The summed E-state index contributed by atoms with van der Waals surface area (Å²) in [6.07, 6.45) is 2.77. The lowest BCUT2D eigenvalue weighted by Gasteiger charge is -2.03. The van der Waals surface area contributed by atoms with Gasteiger partial charge in [0.15, 0.2) is 0 Å². The molecule has 20 heavy (non-hydrogen) atoms. The molecular formula is C9H11N7O4. The van der Waals surface area contributed by atoms with Gasteiger partial charge in [0, 0.05) is 7.05 Å². The molecule has 11 nitrogen and oxygen atoms in total. The summed E-state index contributed by atoms with van der Waals surface area (Å²) in [7, 11) is 1.61. The van der Waals surface area contributed by atoms with Crippen LogP contribution in [-0.2, 0) is 24.9 Å². The molecule has 2 rings (SSSR count). The lowest BCUT2D eigenvalue weighted by Crippen LogP contribution is -2.09. The van der Waals surface area contributed by atoms with Crippen molar-refractivity contribution in [3.05, 3.63) is 28.3 Å². The number of nitro groups is 1. The normalized spacial score (nSPS) is 10.4. The molecule has 106 valence electrons. The van der Waals surface area contributed by atoms with Crippen molar-refractivity contribution in [1.29, 1.82) is 0 Å². The third-order valence-electron chi connectivity index (χ3n) is 2.41. The Labute approximate surface area is 112 Å². The van der Waals surface area contributed by atoms with Crippen molar-refractivity contribution in [3.63, 3.8) is 0 Å². The maximum Gasteiger partial charge on any atom is 0.406 e. The van der Waals surface area contributed by atoms with Crippen molar-refractivity contribution in [1.82, 2.24) is 24.5 Å². The number of carboxylic acid groups (broad SMARTS) is 1. The molecule has 0 atom stereocenters. The van der Waals surface area contributed by atoms with Gasteiger partial charge in [-0.1, -0.05) is 5.21 Å². The number of imidazole rings is 1. The molecule has 0 bridgehead atoms. The maximum atomic E-state index is 10.8. The lowest BCUT2D eigenvalue weighted by molar-refractivity contribution is -0.388. The topological polar surface area (TPSA) is 141 Å². The summed E-state index contributed by atoms with van der Waals surface area (Å²) in [6, 6.07) is 0. The van der Waals surface area contributed by atoms with E-state index in [2.05, 4.69) is 20.6 Å². The van der Waals surface area contributed by atoms with Gasteiger partial charge in [0.2, 0.25) is 12.1 Å². The van der Waals surface area contributed by atoms with Gasteiger partial charge in [0.25, 0.3) is 0 Å². The summed E-state index contributed by atoms with van der Waals surface area (Å²) in [5.41, 5.74) is 0.460. The molecular weight excluding hydrogens is 270 g/mol. The van der Waals surface area contributed by atoms with Gasteiger partial charge in [-0.15, -0.1) is 5.10 Å². The average Bonchev–Trinajstić information content (AvgIpc) is 2.93. The number of carbonyl (C=O) groups is 1. The van der Waals surface area contributed by atoms with Crippen molar-refractivity contribution in [2.24, 2.45) is 7.05 Å². The highest BCUT2D eigenvalue weighted by molar-refractivity contribution is 5.66. The van der Waals surface area contributed by atoms with Crippen molar-refractivity contribution in [2.75, 3.05) is 5.32 Å². The molecule has 0 aliphatic heterocycles. The lowest BCUT2D eigenvalue weighted by atomic mass is 10.4. The molecule has 2 aromatic rings. The van der Waals surface area contributed by atoms with Gasteiger partial charge in [-0.25, -0.2) is 4.68 Å². The van der Waals surface area contributed by atoms with E-state index in [9.17, 15) is 14.9 Å². The van der Waals surface area contributed by atoms with Crippen molar-refractivity contribution in [2.45, 2.75) is 13.1 Å². The number of nitrogens with one attached hydrogen (secondary N) is 1. The van der Waals surface area contributed by atoms with Crippen LogP contribution in [-0.4, -0.2) is 40.5 Å². The fourth-order valence-electron chi connectivity index (χ4n) is 1.56. The van der Waals surface area contributed by atoms with Gasteiger partial charge < -0.3 is 20.5 Å². The number of aromatic nitrogens is 5. The standard InChI is InChI=1S/C9H11N7O4/c1-14-5-11-9(16(19)20)8(14)10-2-6-3-15(13-12-6)4-7(17)18/h3,5,10H,2,4H2,1H3,(H,17,18). The summed E-state index contributed by atoms with van der Waals surface area (Å²) in [4.78, 5) is 24.3. The zero-order chi connectivity index (χ0) is 14.7. The molecule has 0 aliphatic rings. The number of nitrogens with zero attached hydrogens (tertiary/aromatic N) is 6. The molecule has 0 saturated carbocycles. The number of aliphatic carboxylic acids is 1. The molecule has 0 amide bonds. The minimum Gasteiger partial charge on any atom is -0.480 e. The third-order valence-corrected chi connectivity index (χ3v) is 2.41. The molecule has 0 radical (unpaired) electrons. The van der Waals surface area contributed by atoms with E-state index in [1.807, 2.05) is 0 Å². The summed E-state index contributed by atoms with van der Waals surface area (Å²) < 4.78 is 2.64. The zero-order valence-electron chi connectivity index (χ0n) is 10.4. The molecule has 0 spiro atoms. The highest BCUT2D eigenvalue weighted by atomic mass is 16.6. The number of anilines is 1. The van der Waals surface area contributed by atoms with Crippen LogP contribution in [0.15, 0.2) is 12.5 Å². The molecule has 2 heterocycles. The van der Waals surface area contributed by atoms with Crippen LogP contribution in [0.25, 0.3) is 0 Å². The Morgan fingerprint density at radius 2 is 2.35 bits per heavy atom. The molecule has 11 heteroatoms. The molecule has 0 saturated heterocycles. The Balaban J connectivity index is 2.05. The largest absolute Gasteiger partial charge is 0.480 e. The van der Waals surface area contributed by atoms with E-state index in [0.717, 1.165) is 4.68 Å². The van der Waals surface area contributed by atoms with Crippen LogP contribution in [0, 0.1) is 10.1 Å². The van der Waals surface area contributed by atoms with E-state index in [1.165, 1.54) is 17.1 Å². The van der Waals surface area contributed by atoms with Gasteiger partial charge in [0.05, 0.1) is 12.7 Å². The summed E-state index contributed by atoms with van der Waals surface area (Å²) in [5.74, 6) is -1.08. The van der Waals surface area contributed by atoms with E-state index >= 15 is 0 Å². The van der Waals surface area contributed by atoms with Crippen LogP contribution in [0.1, 0.15) is 5.69 Å². The quantitative estimate of drug-likeness (QED) is 0.539. The molecule has 2 N–H and O–H groups in total. The van der Waals surface area contributed by atoms with E-state index in [0.29, 0.717) is 5.69 Å². The maximum absolute atomic E-state index is 10.8.